The highest BCUT2D eigenvalue weighted by Crippen LogP contribution is 2.36. The predicted octanol–water partition coefficient (Wildman–Crippen LogP) is 4.28. The molecule has 0 atom stereocenters. The molecule has 4 nitrogen and oxygen atoms in total. The summed E-state index contributed by atoms with van der Waals surface area (Å²) in [5.74, 6) is -0.211. The van der Waals surface area contributed by atoms with Gasteiger partial charge in [-0.25, -0.2) is 0 Å². The average Bonchev–Trinajstić information content (AvgIpc) is 2.31. The number of rotatable bonds is 2. The van der Waals surface area contributed by atoms with Gasteiger partial charge >= 0.3 is 0 Å². The molecule has 0 spiro atoms. The van der Waals surface area contributed by atoms with Crippen LogP contribution in [-0.4, -0.2) is 10.2 Å². The minimum absolute atomic E-state index is 0.0652. The van der Waals surface area contributed by atoms with E-state index in [-0.39, 0.29) is 17.2 Å². The Morgan fingerprint density at radius 3 is 2.00 bits per heavy atom. The molecule has 2 rings (SSSR count). The van der Waals surface area contributed by atoms with Crippen LogP contribution in [0.4, 0.5) is 11.4 Å². The molecule has 2 aromatic rings. The van der Waals surface area contributed by atoms with Crippen molar-refractivity contribution in [3.05, 3.63) is 46.9 Å². The molecule has 17 heavy (non-hydrogen) atoms. The van der Waals surface area contributed by atoms with E-state index in [0.717, 1.165) is 4.47 Å². The predicted molar refractivity (Wildman–Crippen MR) is 68.1 cm³/mol. The second-order valence-electron chi connectivity index (χ2n) is 3.32. The topological polar surface area (TPSA) is 65.2 Å². The van der Waals surface area contributed by atoms with E-state index >= 15 is 0 Å². The summed E-state index contributed by atoms with van der Waals surface area (Å²) in [7, 11) is 0. The summed E-state index contributed by atoms with van der Waals surface area (Å²) in [6, 6.07) is 11.6. The molecule has 0 aliphatic rings. The van der Waals surface area contributed by atoms with E-state index in [2.05, 4.69) is 26.2 Å². The van der Waals surface area contributed by atoms with Gasteiger partial charge in [0.15, 0.2) is 5.69 Å². The lowest BCUT2D eigenvalue weighted by Crippen LogP contribution is -1.70. The van der Waals surface area contributed by atoms with E-state index < -0.39 is 0 Å². The van der Waals surface area contributed by atoms with Crippen molar-refractivity contribution in [3.63, 3.8) is 0 Å². The van der Waals surface area contributed by atoms with Gasteiger partial charge in [0.1, 0.15) is 11.5 Å². The summed E-state index contributed by atoms with van der Waals surface area (Å²) in [5.41, 5.74) is 0.700. The van der Waals surface area contributed by atoms with Crippen LogP contribution >= 0.6 is 15.9 Å². The minimum atomic E-state index is -0.106. The quantitative estimate of drug-likeness (QED) is 0.812. The first-order valence-corrected chi connectivity index (χ1v) is 5.64. The van der Waals surface area contributed by atoms with Crippen molar-refractivity contribution in [2.24, 2.45) is 10.2 Å². The molecule has 0 heterocycles. The molecular formula is C12H9BrN2O2. The fraction of sp³-hybridized carbons (Fsp3) is 0. The van der Waals surface area contributed by atoms with Gasteiger partial charge in [-0.15, -0.1) is 5.11 Å². The first-order chi connectivity index (χ1) is 8.16. The summed E-state index contributed by atoms with van der Waals surface area (Å²) in [6.07, 6.45) is 0. The number of benzene rings is 2. The summed E-state index contributed by atoms with van der Waals surface area (Å²) < 4.78 is 0.946. The van der Waals surface area contributed by atoms with Gasteiger partial charge in [0.2, 0.25) is 0 Å². The molecule has 0 radical (unpaired) electrons. The summed E-state index contributed by atoms with van der Waals surface area (Å²) in [5, 5.41) is 26.7. The van der Waals surface area contributed by atoms with E-state index in [4.69, 9.17) is 0 Å². The zero-order valence-electron chi connectivity index (χ0n) is 8.71. The first-order valence-electron chi connectivity index (χ1n) is 4.85. The number of halogens is 1. The molecule has 86 valence electrons. The normalized spacial score (nSPS) is 10.9. The lowest BCUT2D eigenvalue weighted by atomic mass is 10.3. The van der Waals surface area contributed by atoms with Crippen molar-refractivity contribution >= 4 is 27.3 Å². The highest BCUT2D eigenvalue weighted by atomic mass is 79.9. The summed E-state index contributed by atoms with van der Waals surface area (Å²) >= 11 is 3.31. The Labute approximate surface area is 106 Å². The third kappa shape index (κ3) is 2.82. The van der Waals surface area contributed by atoms with Crippen LogP contribution in [0.2, 0.25) is 0 Å². The average molecular weight is 293 g/mol. The maximum Gasteiger partial charge on any atom is 0.169 e. The van der Waals surface area contributed by atoms with Gasteiger partial charge in [0.05, 0.1) is 5.69 Å². The van der Waals surface area contributed by atoms with Crippen molar-refractivity contribution in [3.8, 4) is 11.5 Å². The lowest BCUT2D eigenvalue weighted by molar-refractivity contribution is 0.452. The number of hydrogen-bond donors (Lipinski definition) is 2. The summed E-state index contributed by atoms with van der Waals surface area (Å²) in [4.78, 5) is 0. The van der Waals surface area contributed by atoms with Crippen molar-refractivity contribution in [1.29, 1.82) is 0 Å². The van der Waals surface area contributed by atoms with Crippen LogP contribution in [-0.2, 0) is 0 Å². The van der Waals surface area contributed by atoms with Crippen LogP contribution in [0.25, 0.3) is 0 Å². The number of azo groups is 1. The number of aromatic hydroxyl groups is 2. The highest BCUT2D eigenvalue weighted by Gasteiger charge is 2.04. The standard InChI is InChI=1S/C12H9BrN2O2/c13-8-4-6-9(7-5-8)14-15-12-10(16)2-1-3-11(12)17/h1-7,16-17H. The molecule has 0 aromatic heterocycles. The molecule has 2 N–H and O–H groups in total. The Morgan fingerprint density at radius 2 is 1.41 bits per heavy atom. The third-order valence-corrected chi connectivity index (χ3v) is 2.61. The molecule has 5 heteroatoms. The van der Waals surface area contributed by atoms with Crippen molar-refractivity contribution in [2.45, 2.75) is 0 Å². The lowest BCUT2D eigenvalue weighted by Gasteiger charge is -1.99. The molecule has 0 unspecified atom stereocenters. The maximum absolute atomic E-state index is 9.49. The number of phenolic OH excluding ortho intramolecular Hbond substituents is 2. The van der Waals surface area contributed by atoms with Crippen LogP contribution in [0.15, 0.2) is 57.2 Å². The van der Waals surface area contributed by atoms with Crippen LogP contribution in [0.5, 0.6) is 11.5 Å². The zero-order chi connectivity index (χ0) is 12.3. The van der Waals surface area contributed by atoms with Crippen LogP contribution in [0, 0.1) is 0 Å². The fourth-order valence-corrected chi connectivity index (χ4v) is 1.50. The van der Waals surface area contributed by atoms with Crippen molar-refractivity contribution < 1.29 is 10.2 Å². The number of hydrogen-bond acceptors (Lipinski definition) is 4. The maximum atomic E-state index is 9.49. The van der Waals surface area contributed by atoms with Gasteiger partial charge in [0.25, 0.3) is 0 Å². The van der Waals surface area contributed by atoms with Gasteiger partial charge in [-0.2, -0.15) is 5.11 Å². The van der Waals surface area contributed by atoms with Gasteiger partial charge < -0.3 is 10.2 Å². The second kappa shape index (κ2) is 4.97. The van der Waals surface area contributed by atoms with E-state index in [1.165, 1.54) is 18.2 Å². The second-order valence-corrected chi connectivity index (χ2v) is 4.24. The highest BCUT2D eigenvalue weighted by molar-refractivity contribution is 9.10. The van der Waals surface area contributed by atoms with Gasteiger partial charge in [-0.05, 0) is 36.4 Å². The van der Waals surface area contributed by atoms with Gasteiger partial charge in [-0.3, -0.25) is 0 Å². The number of nitrogens with zero attached hydrogens (tertiary/aromatic N) is 2. The summed E-state index contributed by atoms with van der Waals surface area (Å²) in [6.45, 7) is 0. The Bertz CT molecular complexity index is 533. The Hall–Kier alpha value is -1.88. The molecule has 0 saturated carbocycles. The molecule has 0 fully saturated rings. The van der Waals surface area contributed by atoms with Crippen LogP contribution < -0.4 is 0 Å². The molecule has 0 aliphatic heterocycles. The van der Waals surface area contributed by atoms with E-state index in [0.29, 0.717) is 5.69 Å². The largest absolute Gasteiger partial charge is 0.505 e. The van der Waals surface area contributed by atoms with E-state index in [1.807, 2.05) is 12.1 Å². The minimum Gasteiger partial charge on any atom is -0.505 e. The SMILES string of the molecule is Oc1cccc(O)c1N=Nc1ccc(Br)cc1. The molecule has 0 saturated heterocycles. The molecule has 0 amide bonds. The van der Waals surface area contributed by atoms with E-state index in [9.17, 15) is 10.2 Å². The Kier molecular flexibility index (Phi) is 3.39. The molecule has 0 aliphatic carbocycles. The third-order valence-electron chi connectivity index (χ3n) is 2.09. The van der Waals surface area contributed by atoms with Crippen molar-refractivity contribution in [1.82, 2.24) is 0 Å². The molecular weight excluding hydrogens is 284 g/mol. The van der Waals surface area contributed by atoms with Crippen LogP contribution in [0.3, 0.4) is 0 Å². The van der Waals surface area contributed by atoms with E-state index in [1.54, 1.807) is 12.1 Å². The molecule has 2 aromatic carbocycles. The monoisotopic (exact) mass is 292 g/mol. The Morgan fingerprint density at radius 1 is 0.824 bits per heavy atom. The van der Waals surface area contributed by atoms with Crippen molar-refractivity contribution in [2.75, 3.05) is 0 Å². The van der Waals surface area contributed by atoms with Gasteiger partial charge in [0, 0.05) is 4.47 Å². The van der Waals surface area contributed by atoms with Gasteiger partial charge in [-0.1, -0.05) is 22.0 Å². The van der Waals surface area contributed by atoms with Crippen LogP contribution in [0.1, 0.15) is 0 Å². The fourth-order valence-electron chi connectivity index (χ4n) is 1.24. The first kappa shape index (κ1) is 11.6. The Balaban J connectivity index is 2.29. The smallest absolute Gasteiger partial charge is 0.169 e. The zero-order valence-corrected chi connectivity index (χ0v) is 10.3. The number of phenols is 2. The molecule has 0 bridgehead atoms.